The molecule has 1 aromatic carbocycles. The zero-order chi connectivity index (χ0) is 24.6. The molecule has 0 radical (unpaired) electrons. The number of aromatic nitrogens is 1. The Labute approximate surface area is 185 Å². The number of nitrogens with two attached hydrogens (primary N) is 2. The number of nitrogens with zero attached hydrogens (tertiary/aromatic N) is 3. The molecule has 0 saturated heterocycles. The average molecular weight is 481 g/mol. The fourth-order valence-corrected chi connectivity index (χ4v) is 3.05. The van der Waals surface area contributed by atoms with Gasteiger partial charge in [0.1, 0.15) is 30.3 Å². The molecule has 1 unspecified atom stereocenters. The molecular weight excluding hydrogens is 459 g/mol. The lowest BCUT2D eigenvalue weighted by atomic mass is 9.89. The number of halogens is 7. The largest absolute Gasteiger partial charge is 0.411 e. The molecule has 2 rings (SSSR count). The first-order valence-corrected chi connectivity index (χ1v) is 9.61. The van der Waals surface area contributed by atoms with Gasteiger partial charge in [-0.15, -0.1) is 0 Å². The highest BCUT2D eigenvalue weighted by Crippen LogP contribution is 2.42. The second-order valence-electron chi connectivity index (χ2n) is 7.13. The molecule has 0 aliphatic rings. The molecule has 33 heavy (non-hydrogen) atoms. The topological polar surface area (TPSA) is 89.8 Å². The lowest BCUT2D eigenvalue weighted by molar-refractivity contribution is -0.174. The Morgan fingerprint density at radius 1 is 1.12 bits per heavy atom. The Hall–Kier alpha value is -2.93. The number of hydrazone groups is 1. The Morgan fingerprint density at radius 3 is 2.42 bits per heavy atom. The van der Waals surface area contributed by atoms with E-state index in [1.807, 2.05) is 0 Å². The fourth-order valence-electron chi connectivity index (χ4n) is 3.05. The van der Waals surface area contributed by atoms with E-state index in [4.69, 9.17) is 11.7 Å². The lowest BCUT2D eigenvalue weighted by Gasteiger charge is -2.29. The molecule has 13 heteroatoms. The van der Waals surface area contributed by atoms with Gasteiger partial charge in [-0.05, 0) is 36.1 Å². The summed E-state index contributed by atoms with van der Waals surface area (Å²) in [6, 6.07) is 4.58. The minimum atomic E-state index is -4.43. The van der Waals surface area contributed by atoms with Crippen molar-refractivity contribution in [2.75, 3.05) is 19.8 Å². The van der Waals surface area contributed by atoms with Gasteiger partial charge in [0.25, 0.3) is 5.92 Å². The molecule has 182 valence electrons. The molecule has 0 fully saturated rings. The third kappa shape index (κ3) is 7.86. The highest BCUT2D eigenvalue weighted by atomic mass is 19.4. The average Bonchev–Trinajstić information content (AvgIpc) is 2.72. The third-order valence-electron chi connectivity index (χ3n) is 4.57. The number of benzene rings is 1. The Morgan fingerprint density at radius 2 is 1.85 bits per heavy atom. The third-order valence-corrected chi connectivity index (χ3v) is 4.57. The predicted octanol–water partition coefficient (Wildman–Crippen LogP) is 3.82. The number of aryl methyl sites for hydroxylation is 1. The van der Waals surface area contributed by atoms with Crippen LogP contribution in [-0.4, -0.2) is 42.3 Å². The Kier molecular flexibility index (Phi) is 8.99. The standard InChI is InChI=1S/C20H22F7N5O/c21-14-4-5-15(17(22)8-14)16(10-32(29)12-31-28)20(26,27)18-6-3-13(9-30-18)2-1-7-33-11-19(23,24)25/h3-6,8-9,12,16H,1-2,7,10-11,28-29H2/b31-12-. The van der Waals surface area contributed by atoms with E-state index in [-0.39, 0.29) is 19.4 Å². The second kappa shape index (κ2) is 11.3. The van der Waals surface area contributed by atoms with Crippen LogP contribution in [0.5, 0.6) is 0 Å². The highest BCUT2D eigenvalue weighted by Gasteiger charge is 2.45. The number of hydrogen-bond acceptors (Lipinski definition) is 5. The monoisotopic (exact) mass is 481 g/mol. The molecule has 0 spiro atoms. The number of pyridine rings is 1. The van der Waals surface area contributed by atoms with Gasteiger partial charge in [-0.1, -0.05) is 12.1 Å². The predicted molar refractivity (Wildman–Crippen MR) is 106 cm³/mol. The highest BCUT2D eigenvalue weighted by molar-refractivity contribution is 5.53. The van der Waals surface area contributed by atoms with Crippen molar-refractivity contribution < 1.29 is 35.5 Å². The first-order chi connectivity index (χ1) is 15.4. The summed E-state index contributed by atoms with van der Waals surface area (Å²) in [6.07, 6.45) is -1.95. The summed E-state index contributed by atoms with van der Waals surface area (Å²) >= 11 is 0. The molecule has 0 bridgehead atoms. The van der Waals surface area contributed by atoms with Gasteiger partial charge in [0.15, 0.2) is 0 Å². The molecule has 0 amide bonds. The molecule has 1 atom stereocenters. The SMILES string of the molecule is N/N=C\N(N)CC(c1ccc(F)cc1F)C(F)(F)c1ccc(CCCOCC(F)(F)F)cn1. The smallest absolute Gasteiger partial charge is 0.372 e. The van der Waals surface area contributed by atoms with E-state index in [0.717, 1.165) is 35.7 Å². The van der Waals surface area contributed by atoms with Crippen LogP contribution < -0.4 is 11.7 Å². The van der Waals surface area contributed by atoms with Gasteiger partial charge in [0.05, 0.1) is 5.92 Å². The molecule has 0 aliphatic heterocycles. The number of rotatable bonds is 11. The number of alkyl halides is 5. The van der Waals surface area contributed by atoms with E-state index in [1.165, 1.54) is 6.07 Å². The normalized spacial score (nSPS) is 13.5. The summed E-state index contributed by atoms with van der Waals surface area (Å²) in [5.74, 6) is 2.80. The van der Waals surface area contributed by atoms with E-state index < -0.39 is 54.1 Å². The minimum Gasteiger partial charge on any atom is -0.372 e. The molecule has 2 aromatic rings. The first kappa shape index (κ1) is 26.3. The van der Waals surface area contributed by atoms with Gasteiger partial charge in [0.2, 0.25) is 0 Å². The number of ether oxygens (including phenoxy) is 1. The Bertz CT molecular complexity index is 922. The summed E-state index contributed by atoms with van der Waals surface area (Å²) < 4.78 is 99.0. The van der Waals surface area contributed by atoms with Crippen molar-refractivity contribution in [1.29, 1.82) is 0 Å². The summed E-state index contributed by atoms with van der Waals surface area (Å²) in [5, 5.41) is 3.86. The molecule has 1 aromatic heterocycles. The maximum absolute atomic E-state index is 15.4. The lowest BCUT2D eigenvalue weighted by Crippen LogP contribution is -2.40. The van der Waals surface area contributed by atoms with Gasteiger partial charge >= 0.3 is 6.18 Å². The van der Waals surface area contributed by atoms with Crippen molar-refractivity contribution in [2.24, 2.45) is 16.8 Å². The van der Waals surface area contributed by atoms with Crippen molar-refractivity contribution in [2.45, 2.75) is 30.9 Å². The zero-order valence-corrected chi connectivity index (χ0v) is 17.2. The zero-order valence-electron chi connectivity index (χ0n) is 17.2. The van der Waals surface area contributed by atoms with Gasteiger partial charge in [-0.2, -0.15) is 27.1 Å². The first-order valence-electron chi connectivity index (χ1n) is 9.61. The van der Waals surface area contributed by atoms with Crippen molar-refractivity contribution in [3.8, 4) is 0 Å². The summed E-state index contributed by atoms with van der Waals surface area (Å²) in [6.45, 7) is -2.17. The molecular formula is C20H22F7N5O. The van der Waals surface area contributed by atoms with Crippen LogP contribution in [0, 0.1) is 11.6 Å². The minimum absolute atomic E-state index is 0.168. The van der Waals surface area contributed by atoms with Crippen LogP contribution in [0.3, 0.4) is 0 Å². The van der Waals surface area contributed by atoms with Gasteiger partial charge in [-0.25, -0.2) is 14.6 Å². The fraction of sp³-hybridized carbons (Fsp3) is 0.400. The number of hydrazine groups is 1. The van der Waals surface area contributed by atoms with Crippen molar-refractivity contribution in [1.82, 2.24) is 9.99 Å². The quantitative estimate of drug-likeness (QED) is 0.127. The van der Waals surface area contributed by atoms with Crippen molar-refractivity contribution in [3.63, 3.8) is 0 Å². The van der Waals surface area contributed by atoms with E-state index in [9.17, 15) is 22.0 Å². The van der Waals surface area contributed by atoms with Crippen molar-refractivity contribution in [3.05, 3.63) is 65.0 Å². The van der Waals surface area contributed by atoms with Crippen LogP contribution in [0.25, 0.3) is 0 Å². The van der Waals surface area contributed by atoms with Gasteiger partial charge in [-0.3, -0.25) is 9.99 Å². The molecule has 4 N–H and O–H groups in total. The molecule has 0 saturated carbocycles. The van der Waals surface area contributed by atoms with E-state index in [1.54, 1.807) is 0 Å². The van der Waals surface area contributed by atoms with E-state index >= 15 is 8.78 Å². The van der Waals surface area contributed by atoms with Gasteiger partial charge < -0.3 is 10.6 Å². The molecule has 6 nitrogen and oxygen atoms in total. The second-order valence-corrected chi connectivity index (χ2v) is 7.13. The Balaban J connectivity index is 2.18. The van der Waals surface area contributed by atoms with Crippen LogP contribution in [0.2, 0.25) is 0 Å². The molecule has 0 aliphatic carbocycles. The van der Waals surface area contributed by atoms with Crippen molar-refractivity contribution >= 4 is 6.34 Å². The van der Waals surface area contributed by atoms with Crippen LogP contribution in [0.15, 0.2) is 41.6 Å². The number of hydrogen-bond donors (Lipinski definition) is 2. The van der Waals surface area contributed by atoms with E-state index in [0.29, 0.717) is 11.6 Å². The van der Waals surface area contributed by atoms with Crippen LogP contribution in [-0.2, 0) is 17.1 Å². The summed E-state index contributed by atoms with van der Waals surface area (Å²) in [7, 11) is 0. The van der Waals surface area contributed by atoms with Crippen LogP contribution >= 0.6 is 0 Å². The maximum atomic E-state index is 15.4. The molecule has 1 heterocycles. The van der Waals surface area contributed by atoms with E-state index in [2.05, 4.69) is 14.8 Å². The summed E-state index contributed by atoms with van der Waals surface area (Å²) in [5.41, 5.74) is -0.702. The maximum Gasteiger partial charge on any atom is 0.411 e. The summed E-state index contributed by atoms with van der Waals surface area (Å²) in [4.78, 5) is 3.75. The van der Waals surface area contributed by atoms with Crippen LogP contribution in [0.4, 0.5) is 30.7 Å². The van der Waals surface area contributed by atoms with Crippen LogP contribution in [0.1, 0.15) is 29.2 Å². The van der Waals surface area contributed by atoms with Gasteiger partial charge in [0, 0.05) is 25.4 Å².